The van der Waals surface area contributed by atoms with Crippen molar-refractivity contribution in [3.63, 3.8) is 0 Å². The fourth-order valence-corrected chi connectivity index (χ4v) is 3.90. The first-order chi connectivity index (χ1) is 14.7. The van der Waals surface area contributed by atoms with Crippen molar-refractivity contribution < 1.29 is 24.1 Å². The summed E-state index contributed by atoms with van der Waals surface area (Å²) in [4.78, 5) is 60.2. The van der Waals surface area contributed by atoms with Crippen LogP contribution in [0.1, 0.15) is 29.6 Å². The number of carbonyl (C=O) groups excluding carboxylic acids is 4. The number of thioether (sulfide) groups is 1. The van der Waals surface area contributed by atoms with E-state index in [1.165, 1.54) is 12.1 Å². The fourth-order valence-electron chi connectivity index (χ4n) is 2.84. The molecule has 31 heavy (non-hydrogen) atoms. The standard InChI is InChI=1S/C18H24N6O6S/c19-6-2-1-3-12-18(28)21-8-15(25)22-13(16(20)26)9-31-14-5-4-10(24(29)30)7-11(14)17(27)23-12/h4-5,7,12-13H,1-3,6,8-9,19H2,(H2,20,26)(H,21,28)(H,22,25)(H,23,27). The number of carbonyl (C=O) groups is 4. The monoisotopic (exact) mass is 452 g/mol. The fraction of sp³-hybridized carbons (Fsp3) is 0.444. The maximum Gasteiger partial charge on any atom is 0.270 e. The van der Waals surface area contributed by atoms with Crippen molar-refractivity contribution in [2.45, 2.75) is 36.2 Å². The van der Waals surface area contributed by atoms with Gasteiger partial charge in [0.25, 0.3) is 11.6 Å². The number of nitrogens with two attached hydrogens (primary N) is 2. The summed E-state index contributed by atoms with van der Waals surface area (Å²) in [6, 6.07) is 1.66. The summed E-state index contributed by atoms with van der Waals surface area (Å²) in [5, 5.41) is 18.6. The molecule has 0 saturated carbocycles. The van der Waals surface area contributed by atoms with E-state index in [1.807, 2.05) is 0 Å². The predicted molar refractivity (Wildman–Crippen MR) is 112 cm³/mol. The van der Waals surface area contributed by atoms with Gasteiger partial charge in [-0.15, -0.1) is 11.8 Å². The van der Waals surface area contributed by atoms with Gasteiger partial charge in [0.05, 0.1) is 17.0 Å². The van der Waals surface area contributed by atoms with Gasteiger partial charge < -0.3 is 27.4 Å². The molecule has 1 aromatic carbocycles. The number of nitrogens with zero attached hydrogens (tertiary/aromatic N) is 1. The lowest BCUT2D eigenvalue weighted by molar-refractivity contribution is -0.384. The summed E-state index contributed by atoms with van der Waals surface area (Å²) in [5.74, 6) is -2.71. The molecule has 0 aromatic heterocycles. The predicted octanol–water partition coefficient (Wildman–Crippen LogP) is -0.986. The molecule has 2 rings (SSSR count). The van der Waals surface area contributed by atoms with Crippen LogP contribution in [0, 0.1) is 10.1 Å². The molecule has 2 unspecified atom stereocenters. The lowest BCUT2D eigenvalue weighted by Gasteiger charge is -2.19. The quantitative estimate of drug-likeness (QED) is 0.206. The molecule has 2 atom stereocenters. The number of benzene rings is 1. The van der Waals surface area contributed by atoms with Crippen LogP contribution in [0.25, 0.3) is 0 Å². The molecule has 1 heterocycles. The minimum atomic E-state index is -1.07. The Balaban J connectivity index is 2.42. The van der Waals surface area contributed by atoms with Gasteiger partial charge in [-0.1, -0.05) is 0 Å². The Bertz CT molecular complexity index is 879. The maximum absolute atomic E-state index is 12.9. The van der Waals surface area contributed by atoms with Gasteiger partial charge in [0.15, 0.2) is 0 Å². The number of hydrogen-bond acceptors (Lipinski definition) is 8. The van der Waals surface area contributed by atoms with Gasteiger partial charge in [-0.3, -0.25) is 29.3 Å². The van der Waals surface area contributed by atoms with E-state index in [0.717, 1.165) is 17.8 Å². The lowest BCUT2D eigenvalue weighted by atomic mass is 10.1. The Hall–Kier alpha value is -3.19. The number of hydrogen-bond donors (Lipinski definition) is 5. The summed E-state index contributed by atoms with van der Waals surface area (Å²) >= 11 is 1.03. The zero-order valence-corrected chi connectivity index (χ0v) is 17.4. The molecule has 0 radical (unpaired) electrons. The third-order valence-electron chi connectivity index (χ3n) is 4.49. The third kappa shape index (κ3) is 6.93. The van der Waals surface area contributed by atoms with Crippen LogP contribution >= 0.6 is 11.8 Å². The Kier molecular flexibility index (Phi) is 8.75. The van der Waals surface area contributed by atoms with E-state index in [1.54, 1.807) is 0 Å². The highest BCUT2D eigenvalue weighted by atomic mass is 32.2. The second-order valence-corrected chi connectivity index (χ2v) is 7.86. The highest BCUT2D eigenvalue weighted by Gasteiger charge is 2.27. The first-order valence-electron chi connectivity index (χ1n) is 9.51. The summed E-state index contributed by atoms with van der Waals surface area (Å²) in [7, 11) is 0. The molecule has 1 aromatic rings. The van der Waals surface area contributed by atoms with Gasteiger partial charge in [-0.2, -0.15) is 0 Å². The van der Waals surface area contributed by atoms with E-state index in [0.29, 0.717) is 24.3 Å². The maximum atomic E-state index is 12.9. The molecular weight excluding hydrogens is 428 g/mol. The topological polar surface area (TPSA) is 200 Å². The van der Waals surface area contributed by atoms with Crippen molar-refractivity contribution >= 4 is 41.1 Å². The SMILES string of the molecule is NCCCCC1NC(=O)c2cc([N+](=O)[O-])ccc2SCC(C(N)=O)NC(=O)CNC1=O. The Morgan fingerprint density at radius 3 is 2.61 bits per heavy atom. The van der Waals surface area contributed by atoms with Crippen LogP contribution < -0.4 is 27.4 Å². The molecule has 1 aliphatic rings. The minimum absolute atomic E-state index is 0.00691. The Morgan fingerprint density at radius 2 is 1.97 bits per heavy atom. The minimum Gasteiger partial charge on any atom is -0.368 e. The second-order valence-electron chi connectivity index (χ2n) is 6.80. The molecular formula is C18H24N6O6S. The molecule has 0 aliphatic carbocycles. The van der Waals surface area contributed by atoms with E-state index in [-0.39, 0.29) is 23.4 Å². The van der Waals surface area contributed by atoms with E-state index < -0.39 is 47.2 Å². The molecule has 4 amide bonds. The van der Waals surface area contributed by atoms with Gasteiger partial charge in [-0.05, 0) is 31.9 Å². The molecule has 12 nitrogen and oxygen atoms in total. The normalized spacial score (nSPS) is 20.1. The van der Waals surface area contributed by atoms with Crippen LogP contribution in [0.4, 0.5) is 5.69 Å². The highest BCUT2D eigenvalue weighted by Crippen LogP contribution is 2.27. The zero-order chi connectivity index (χ0) is 23.0. The molecule has 13 heteroatoms. The smallest absolute Gasteiger partial charge is 0.270 e. The van der Waals surface area contributed by atoms with Crippen LogP contribution in [0.15, 0.2) is 23.1 Å². The van der Waals surface area contributed by atoms with Crippen molar-refractivity contribution in [3.05, 3.63) is 33.9 Å². The van der Waals surface area contributed by atoms with Crippen molar-refractivity contribution in [3.8, 4) is 0 Å². The number of non-ortho nitro benzene ring substituents is 1. The average molecular weight is 452 g/mol. The third-order valence-corrected chi connectivity index (χ3v) is 5.66. The van der Waals surface area contributed by atoms with Crippen LogP contribution in [0.5, 0.6) is 0 Å². The molecule has 168 valence electrons. The van der Waals surface area contributed by atoms with E-state index in [9.17, 15) is 29.3 Å². The van der Waals surface area contributed by atoms with Gasteiger partial charge in [0.1, 0.15) is 12.1 Å². The van der Waals surface area contributed by atoms with Crippen molar-refractivity contribution in [2.75, 3.05) is 18.8 Å². The number of unbranched alkanes of at least 4 members (excludes halogenated alkanes) is 1. The summed E-state index contributed by atoms with van der Waals surface area (Å²) in [6.45, 7) is -0.000174. The number of nitro groups is 1. The van der Waals surface area contributed by atoms with Crippen molar-refractivity contribution in [1.82, 2.24) is 16.0 Å². The lowest BCUT2D eigenvalue weighted by Crippen LogP contribution is -2.51. The van der Waals surface area contributed by atoms with Crippen molar-refractivity contribution in [2.24, 2.45) is 11.5 Å². The average Bonchev–Trinajstić information content (AvgIpc) is 2.73. The molecule has 0 bridgehead atoms. The largest absolute Gasteiger partial charge is 0.368 e. The summed E-state index contributed by atoms with van der Waals surface area (Å²) < 4.78 is 0. The van der Waals surface area contributed by atoms with Gasteiger partial charge in [-0.25, -0.2) is 0 Å². The van der Waals surface area contributed by atoms with E-state index in [4.69, 9.17) is 11.5 Å². The van der Waals surface area contributed by atoms with Crippen molar-refractivity contribution in [1.29, 1.82) is 0 Å². The van der Waals surface area contributed by atoms with E-state index in [2.05, 4.69) is 16.0 Å². The molecule has 0 fully saturated rings. The van der Waals surface area contributed by atoms with Gasteiger partial charge in [0.2, 0.25) is 17.7 Å². The molecule has 7 N–H and O–H groups in total. The number of amides is 4. The van der Waals surface area contributed by atoms with Crippen LogP contribution in [0.3, 0.4) is 0 Å². The molecule has 0 spiro atoms. The Labute approximate surface area is 182 Å². The number of rotatable bonds is 6. The number of nitro benzene ring substituents is 1. The number of fused-ring (bicyclic) bond motifs is 1. The van der Waals surface area contributed by atoms with Crippen LogP contribution in [-0.2, 0) is 14.4 Å². The van der Waals surface area contributed by atoms with E-state index >= 15 is 0 Å². The van der Waals surface area contributed by atoms with Crippen LogP contribution in [-0.4, -0.2) is 59.5 Å². The highest BCUT2D eigenvalue weighted by molar-refractivity contribution is 7.99. The van der Waals surface area contributed by atoms with Gasteiger partial charge >= 0.3 is 0 Å². The number of nitrogens with one attached hydrogen (secondary N) is 3. The van der Waals surface area contributed by atoms with Gasteiger partial charge in [0, 0.05) is 22.8 Å². The summed E-state index contributed by atoms with van der Waals surface area (Å²) in [6.07, 6.45) is 1.43. The first-order valence-corrected chi connectivity index (χ1v) is 10.5. The second kappa shape index (κ2) is 11.3. The Morgan fingerprint density at radius 1 is 1.23 bits per heavy atom. The molecule has 1 aliphatic heterocycles. The zero-order valence-electron chi connectivity index (χ0n) is 16.6. The first kappa shape index (κ1) is 24.1. The van der Waals surface area contributed by atoms with Crippen LogP contribution in [0.2, 0.25) is 0 Å². The molecule has 0 saturated heterocycles. The number of primary amides is 1. The summed E-state index contributed by atoms with van der Waals surface area (Å²) in [5.41, 5.74) is 10.5.